The first-order valence-electron chi connectivity index (χ1n) is 7.18. The van der Waals surface area contributed by atoms with Gasteiger partial charge in [-0.1, -0.05) is 31.2 Å². The molecule has 0 amide bonds. The highest BCUT2D eigenvalue weighted by molar-refractivity contribution is 5.30. The molecule has 18 heavy (non-hydrogen) atoms. The highest BCUT2D eigenvalue weighted by Gasteiger charge is 2.33. The Morgan fingerprint density at radius 1 is 1.33 bits per heavy atom. The standard InChI is InChI=1S/C16H26N2/c1-4-13-7-5-6-8-15(13)16(11-17)18(3)12(2)14-9-10-14/h5-8,12,14,16H,4,9-11,17H2,1-3H3. The summed E-state index contributed by atoms with van der Waals surface area (Å²) in [7, 11) is 2.23. The molecule has 1 aromatic rings. The van der Waals surface area contributed by atoms with Gasteiger partial charge in [-0.3, -0.25) is 4.90 Å². The lowest BCUT2D eigenvalue weighted by Gasteiger charge is -2.34. The number of nitrogens with zero attached hydrogens (tertiary/aromatic N) is 1. The monoisotopic (exact) mass is 246 g/mol. The molecule has 2 unspecified atom stereocenters. The maximum atomic E-state index is 6.05. The first kappa shape index (κ1) is 13.6. The molecule has 1 aromatic carbocycles. The fourth-order valence-electron chi connectivity index (χ4n) is 2.89. The van der Waals surface area contributed by atoms with E-state index in [2.05, 4.69) is 50.1 Å². The highest BCUT2D eigenvalue weighted by atomic mass is 15.2. The van der Waals surface area contributed by atoms with Crippen LogP contribution < -0.4 is 5.73 Å². The van der Waals surface area contributed by atoms with E-state index < -0.39 is 0 Å². The third-order valence-corrected chi connectivity index (χ3v) is 4.46. The summed E-state index contributed by atoms with van der Waals surface area (Å²) in [4.78, 5) is 2.48. The van der Waals surface area contributed by atoms with Gasteiger partial charge in [0.25, 0.3) is 0 Å². The average Bonchev–Trinajstić information content (AvgIpc) is 3.23. The van der Waals surface area contributed by atoms with E-state index in [1.54, 1.807) is 0 Å². The van der Waals surface area contributed by atoms with Gasteiger partial charge in [0, 0.05) is 18.6 Å². The van der Waals surface area contributed by atoms with E-state index >= 15 is 0 Å². The zero-order chi connectivity index (χ0) is 13.1. The van der Waals surface area contributed by atoms with Crippen LogP contribution in [0, 0.1) is 5.92 Å². The molecule has 2 nitrogen and oxygen atoms in total. The summed E-state index contributed by atoms with van der Waals surface area (Å²) in [5.41, 5.74) is 8.89. The second kappa shape index (κ2) is 5.85. The number of benzene rings is 1. The minimum Gasteiger partial charge on any atom is -0.329 e. The number of nitrogens with two attached hydrogens (primary N) is 1. The molecule has 2 heteroatoms. The van der Waals surface area contributed by atoms with Crippen LogP contribution in [0.1, 0.15) is 43.9 Å². The van der Waals surface area contributed by atoms with Crippen molar-refractivity contribution < 1.29 is 0 Å². The first-order valence-corrected chi connectivity index (χ1v) is 7.18. The minimum absolute atomic E-state index is 0.358. The Hall–Kier alpha value is -0.860. The van der Waals surface area contributed by atoms with Crippen molar-refractivity contribution in [2.45, 2.75) is 45.2 Å². The molecule has 2 N–H and O–H groups in total. The third kappa shape index (κ3) is 2.76. The minimum atomic E-state index is 0.358. The molecular weight excluding hydrogens is 220 g/mol. The molecule has 2 atom stereocenters. The second-order valence-corrected chi connectivity index (χ2v) is 5.55. The Bertz CT molecular complexity index is 384. The number of hydrogen-bond donors (Lipinski definition) is 1. The van der Waals surface area contributed by atoms with Crippen molar-refractivity contribution in [3.63, 3.8) is 0 Å². The van der Waals surface area contributed by atoms with Gasteiger partial charge in [-0.05, 0) is 50.3 Å². The molecule has 1 fully saturated rings. The molecule has 1 saturated carbocycles. The lowest BCUT2D eigenvalue weighted by Crippen LogP contribution is -2.38. The molecule has 1 aliphatic carbocycles. The number of aryl methyl sites for hydroxylation is 1. The molecule has 1 aliphatic rings. The fraction of sp³-hybridized carbons (Fsp3) is 0.625. The molecule has 0 heterocycles. The first-order chi connectivity index (χ1) is 8.69. The van der Waals surface area contributed by atoms with Gasteiger partial charge < -0.3 is 5.73 Å². The van der Waals surface area contributed by atoms with Gasteiger partial charge in [0.2, 0.25) is 0 Å². The van der Waals surface area contributed by atoms with Crippen molar-refractivity contribution in [3.8, 4) is 0 Å². The fourth-order valence-corrected chi connectivity index (χ4v) is 2.89. The second-order valence-electron chi connectivity index (χ2n) is 5.55. The lowest BCUT2D eigenvalue weighted by molar-refractivity contribution is 0.170. The van der Waals surface area contributed by atoms with Crippen LogP contribution in [0.3, 0.4) is 0 Å². The molecule has 0 radical (unpaired) electrons. The summed E-state index contributed by atoms with van der Waals surface area (Å²) >= 11 is 0. The van der Waals surface area contributed by atoms with Gasteiger partial charge in [0.1, 0.15) is 0 Å². The van der Waals surface area contributed by atoms with Gasteiger partial charge in [0.15, 0.2) is 0 Å². The number of likely N-dealkylation sites (N-methyl/N-ethyl adjacent to an activating group) is 1. The van der Waals surface area contributed by atoms with Crippen molar-refractivity contribution in [2.24, 2.45) is 11.7 Å². The van der Waals surface area contributed by atoms with Gasteiger partial charge in [-0.15, -0.1) is 0 Å². The maximum Gasteiger partial charge on any atom is 0.0473 e. The molecule has 0 spiro atoms. The highest BCUT2D eigenvalue weighted by Crippen LogP contribution is 2.37. The maximum absolute atomic E-state index is 6.05. The van der Waals surface area contributed by atoms with Gasteiger partial charge in [0.05, 0.1) is 0 Å². The van der Waals surface area contributed by atoms with E-state index in [0.717, 1.165) is 12.3 Å². The summed E-state index contributed by atoms with van der Waals surface area (Å²) in [6, 6.07) is 9.73. The zero-order valence-corrected chi connectivity index (χ0v) is 11.9. The van der Waals surface area contributed by atoms with Gasteiger partial charge in [-0.2, -0.15) is 0 Å². The van der Waals surface area contributed by atoms with Crippen LogP contribution in [-0.2, 0) is 6.42 Å². The molecule has 0 bridgehead atoms. The van der Waals surface area contributed by atoms with E-state index in [1.807, 2.05) is 0 Å². The smallest absolute Gasteiger partial charge is 0.0473 e. The summed E-state index contributed by atoms with van der Waals surface area (Å²) in [5, 5.41) is 0. The third-order valence-electron chi connectivity index (χ3n) is 4.46. The van der Waals surface area contributed by atoms with Gasteiger partial charge in [-0.25, -0.2) is 0 Å². The summed E-state index contributed by atoms with van der Waals surface area (Å²) in [6.45, 7) is 5.26. The van der Waals surface area contributed by atoms with Crippen molar-refractivity contribution in [1.29, 1.82) is 0 Å². The average molecular weight is 246 g/mol. The Labute approximate surface area is 111 Å². The predicted octanol–water partition coefficient (Wildman–Crippen LogP) is 2.98. The van der Waals surface area contributed by atoms with Crippen LogP contribution in [0.25, 0.3) is 0 Å². The molecule has 0 saturated heterocycles. The Kier molecular flexibility index (Phi) is 4.41. The van der Waals surface area contributed by atoms with Crippen molar-refractivity contribution in [3.05, 3.63) is 35.4 Å². The summed E-state index contributed by atoms with van der Waals surface area (Å²) < 4.78 is 0. The van der Waals surface area contributed by atoms with Crippen molar-refractivity contribution in [1.82, 2.24) is 4.90 Å². The summed E-state index contributed by atoms with van der Waals surface area (Å²) in [5.74, 6) is 0.887. The molecular formula is C16H26N2. The normalized spacial score (nSPS) is 18.9. The molecule has 100 valence electrons. The van der Waals surface area contributed by atoms with Crippen molar-refractivity contribution in [2.75, 3.05) is 13.6 Å². The van der Waals surface area contributed by atoms with Crippen LogP contribution in [0.15, 0.2) is 24.3 Å². The molecule has 2 rings (SSSR count). The van der Waals surface area contributed by atoms with E-state index in [9.17, 15) is 0 Å². The zero-order valence-electron chi connectivity index (χ0n) is 11.9. The predicted molar refractivity (Wildman–Crippen MR) is 77.6 cm³/mol. The Morgan fingerprint density at radius 2 is 2.00 bits per heavy atom. The van der Waals surface area contributed by atoms with E-state index in [0.29, 0.717) is 18.6 Å². The Morgan fingerprint density at radius 3 is 2.56 bits per heavy atom. The number of hydrogen-bond acceptors (Lipinski definition) is 2. The quantitative estimate of drug-likeness (QED) is 0.836. The van der Waals surface area contributed by atoms with Crippen LogP contribution in [-0.4, -0.2) is 24.5 Å². The number of rotatable bonds is 6. The SMILES string of the molecule is CCc1ccccc1C(CN)N(C)C(C)C1CC1. The van der Waals surface area contributed by atoms with E-state index in [-0.39, 0.29) is 0 Å². The van der Waals surface area contributed by atoms with Crippen molar-refractivity contribution >= 4 is 0 Å². The van der Waals surface area contributed by atoms with Crippen LogP contribution in [0.5, 0.6) is 0 Å². The molecule has 0 aliphatic heterocycles. The van der Waals surface area contributed by atoms with Crippen LogP contribution >= 0.6 is 0 Å². The summed E-state index contributed by atoms with van der Waals surface area (Å²) in [6.07, 6.45) is 3.86. The van der Waals surface area contributed by atoms with Gasteiger partial charge >= 0.3 is 0 Å². The van der Waals surface area contributed by atoms with Crippen LogP contribution in [0.4, 0.5) is 0 Å². The van der Waals surface area contributed by atoms with E-state index in [1.165, 1.54) is 24.0 Å². The van der Waals surface area contributed by atoms with E-state index in [4.69, 9.17) is 5.73 Å². The Balaban J connectivity index is 2.20. The largest absolute Gasteiger partial charge is 0.329 e. The lowest BCUT2D eigenvalue weighted by atomic mass is 9.96. The molecule has 0 aromatic heterocycles. The van der Waals surface area contributed by atoms with Crippen LogP contribution in [0.2, 0.25) is 0 Å². The topological polar surface area (TPSA) is 29.3 Å².